The Kier molecular flexibility index (Phi) is 5.14. The Bertz CT molecular complexity index is 935. The van der Waals surface area contributed by atoms with Gasteiger partial charge in [-0.2, -0.15) is 0 Å². The number of hydrazine groups is 1. The molecule has 26 heavy (non-hydrogen) atoms. The van der Waals surface area contributed by atoms with Crippen LogP contribution in [0.4, 0.5) is 0 Å². The van der Waals surface area contributed by atoms with Gasteiger partial charge in [-0.25, -0.2) is 9.78 Å². The number of imidazole rings is 1. The third-order valence-corrected chi connectivity index (χ3v) is 3.58. The number of carbonyl (C=O) groups is 3. The van der Waals surface area contributed by atoms with Gasteiger partial charge in [-0.1, -0.05) is 17.7 Å². The number of fused-ring (bicyclic) bond motifs is 1. The molecule has 0 bridgehead atoms. The molecule has 0 aliphatic rings. The highest BCUT2D eigenvalue weighted by Crippen LogP contribution is 2.09. The van der Waals surface area contributed by atoms with Crippen molar-refractivity contribution in [2.75, 3.05) is 6.61 Å². The van der Waals surface area contributed by atoms with Crippen molar-refractivity contribution in [1.29, 1.82) is 0 Å². The van der Waals surface area contributed by atoms with Crippen LogP contribution in [0.25, 0.3) is 5.65 Å². The number of pyridine rings is 1. The third kappa shape index (κ3) is 4.17. The summed E-state index contributed by atoms with van der Waals surface area (Å²) >= 11 is 5.73. The number of ether oxygens (including phenoxy) is 1. The van der Waals surface area contributed by atoms with Gasteiger partial charge in [-0.15, -0.1) is 0 Å². The highest BCUT2D eigenvalue weighted by atomic mass is 35.5. The Labute approximate surface area is 152 Å². The van der Waals surface area contributed by atoms with Crippen LogP contribution in [0, 0.1) is 0 Å². The number of benzene rings is 1. The molecule has 0 saturated carbocycles. The molecule has 0 aliphatic heterocycles. The summed E-state index contributed by atoms with van der Waals surface area (Å²) in [5.41, 5.74) is 5.34. The van der Waals surface area contributed by atoms with E-state index < -0.39 is 24.4 Å². The molecule has 3 aromatic rings. The van der Waals surface area contributed by atoms with Crippen molar-refractivity contribution in [2.45, 2.75) is 0 Å². The molecular weight excluding hydrogens is 360 g/mol. The fourth-order valence-corrected chi connectivity index (χ4v) is 2.20. The number of hydrogen-bond acceptors (Lipinski definition) is 5. The molecule has 8 nitrogen and oxygen atoms in total. The Morgan fingerprint density at radius 2 is 1.85 bits per heavy atom. The van der Waals surface area contributed by atoms with E-state index in [-0.39, 0.29) is 5.69 Å². The molecule has 0 atom stereocenters. The van der Waals surface area contributed by atoms with Gasteiger partial charge in [0.2, 0.25) is 0 Å². The van der Waals surface area contributed by atoms with Crippen molar-refractivity contribution in [1.82, 2.24) is 20.2 Å². The second-order valence-electron chi connectivity index (χ2n) is 5.18. The van der Waals surface area contributed by atoms with Crippen LogP contribution >= 0.6 is 11.6 Å². The van der Waals surface area contributed by atoms with Gasteiger partial charge in [0.1, 0.15) is 5.65 Å². The van der Waals surface area contributed by atoms with Crippen molar-refractivity contribution < 1.29 is 19.1 Å². The van der Waals surface area contributed by atoms with Gasteiger partial charge in [-0.05, 0) is 36.4 Å². The van der Waals surface area contributed by atoms with E-state index in [0.29, 0.717) is 16.2 Å². The summed E-state index contributed by atoms with van der Waals surface area (Å²) in [4.78, 5) is 39.5. The molecule has 0 fully saturated rings. The van der Waals surface area contributed by atoms with E-state index in [1.54, 1.807) is 40.9 Å². The zero-order valence-corrected chi connectivity index (χ0v) is 14.1. The first-order valence-corrected chi connectivity index (χ1v) is 7.86. The van der Waals surface area contributed by atoms with E-state index in [1.165, 1.54) is 18.3 Å². The second kappa shape index (κ2) is 7.66. The summed E-state index contributed by atoms with van der Waals surface area (Å²) < 4.78 is 6.53. The number of rotatable bonds is 4. The Balaban J connectivity index is 1.48. The van der Waals surface area contributed by atoms with E-state index in [0.717, 1.165) is 0 Å². The zero-order valence-electron chi connectivity index (χ0n) is 13.3. The van der Waals surface area contributed by atoms with Gasteiger partial charge >= 0.3 is 5.97 Å². The van der Waals surface area contributed by atoms with Crippen LogP contribution in [-0.4, -0.2) is 33.8 Å². The number of amides is 2. The maximum Gasteiger partial charge on any atom is 0.359 e. The van der Waals surface area contributed by atoms with E-state index in [4.69, 9.17) is 16.3 Å². The molecule has 0 radical (unpaired) electrons. The number of nitrogens with one attached hydrogen (secondary N) is 2. The monoisotopic (exact) mass is 372 g/mol. The lowest BCUT2D eigenvalue weighted by Gasteiger charge is -2.07. The number of nitrogens with zero attached hydrogens (tertiary/aromatic N) is 2. The maximum atomic E-state index is 11.9. The van der Waals surface area contributed by atoms with Crippen LogP contribution in [0.1, 0.15) is 20.8 Å². The number of esters is 1. The van der Waals surface area contributed by atoms with Crippen LogP contribution < -0.4 is 10.9 Å². The number of hydrogen-bond donors (Lipinski definition) is 2. The first-order valence-electron chi connectivity index (χ1n) is 7.48. The Hall–Kier alpha value is -3.39. The minimum Gasteiger partial charge on any atom is -0.451 e. The second-order valence-corrected chi connectivity index (χ2v) is 5.61. The van der Waals surface area contributed by atoms with Crippen LogP contribution in [0.15, 0.2) is 54.9 Å². The number of aromatic nitrogens is 2. The molecule has 0 saturated heterocycles. The number of carbonyl (C=O) groups excluding carboxylic acids is 3. The molecule has 9 heteroatoms. The van der Waals surface area contributed by atoms with Gasteiger partial charge in [0.15, 0.2) is 12.3 Å². The summed E-state index contributed by atoms with van der Waals surface area (Å²) in [7, 11) is 0. The van der Waals surface area contributed by atoms with Gasteiger partial charge < -0.3 is 9.14 Å². The zero-order chi connectivity index (χ0) is 18.5. The van der Waals surface area contributed by atoms with E-state index in [1.807, 2.05) is 0 Å². The van der Waals surface area contributed by atoms with E-state index >= 15 is 0 Å². The maximum absolute atomic E-state index is 11.9. The molecule has 132 valence electrons. The molecule has 0 unspecified atom stereocenters. The van der Waals surface area contributed by atoms with Gasteiger partial charge in [0, 0.05) is 23.0 Å². The highest BCUT2D eigenvalue weighted by molar-refractivity contribution is 6.30. The van der Waals surface area contributed by atoms with Crippen LogP contribution in [0.2, 0.25) is 5.02 Å². The number of halogens is 1. The van der Waals surface area contributed by atoms with Crippen LogP contribution in [-0.2, 0) is 9.53 Å². The summed E-state index contributed by atoms with van der Waals surface area (Å²) in [5.74, 6) is -1.96. The molecule has 2 heterocycles. The molecule has 1 aromatic carbocycles. The largest absolute Gasteiger partial charge is 0.451 e. The molecule has 2 N–H and O–H groups in total. The quantitative estimate of drug-likeness (QED) is 0.535. The summed E-state index contributed by atoms with van der Waals surface area (Å²) in [6.45, 7) is -0.562. The minimum absolute atomic E-state index is 0.0780. The normalized spacial score (nSPS) is 10.3. The van der Waals surface area contributed by atoms with Gasteiger partial charge in [-0.3, -0.25) is 20.4 Å². The molecule has 3 rings (SSSR count). The summed E-state index contributed by atoms with van der Waals surface area (Å²) in [6, 6.07) is 11.4. The smallest absolute Gasteiger partial charge is 0.359 e. The topological polar surface area (TPSA) is 102 Å². The Morgan fingerprint density at radius 1 is 1.08 bits per heavy atom. The third-order valence-electron chi connectivity index (χ3n) is 3.33. The van der Waals surface area contributed by atoms with Crippen molar-refractivity contribution in [3.63, 3.8) is 0 Å². The van der Waals surface area contributed by atoms with Crippen molar-refractivity contribution in [3.05, 3.63) is 71.1 Å². The molecule has 2 amide bonds. The molecule has 2 aromatic heterocycles. The predicted octanol–water partition coefficient (Wildman–Crippen LogP) is 1.61. The fourth-order valence-electron chi connectivity index (χ4n) is 2.07. The lowest BCUT2D eigenvalue weighted by molar-refractivity contribution is -0.125. The summed E-state index contributed by atoms with van der Waals surface area (Å²) in [5, 5.41) is 0.490. The van der Waals surface area contributed by atoms with Gasteiger partial charge in [0.05, 0.1) is 0 Å². The average molecular weight is 373 g/mol. The summed E-state index contributed by atoms with van der Waals surface area (Å²) in [6.07, 6.45) is 3.23. The highest BCUT2D eigenvalue weighted by Gasteiger charge is 2.14. The Morgan fingerprint density at radius 3 is 2.58 bits per heavy atom. The molecule has 0 aliphatic carbocycles. The minimum atomic E-state index is -0.743. The first-order chi connectivity index (χ1) is 12.5. The standard InChI is InChI=1S/C17H13ClN4O4/c18-12-6-4-11(5-7-12)16(24)21-20-15(23)10-26-17(25)13-9-22-8-2-1-3-14(22)19-13/h1-9H,10H2,(H,20,23)(H,21,24). The van der Waals surface area contributed by atoms with Crippen molar-refractivity contribution in [3.8, 4) is 0 Å². The molecule has 0 spiro atoms. The van der Waals surface area contributed by atoms with E-state index in [2.05, 4.69) is 15.8 Å². The molecular formula is C17H13ClN4O4. The van der Waals surface area contributed by atoms with Crippen LogP contribution in [0.3, 0.4) is 0 Å². The SMILES string of the molecule is O=C(COC(=O)c1cn2ccccc2n1)NNC(=O)c1ccc(Cl)cc1. The van der Waals surface area contributed by atoms with Gasteiger partial charge in [0.25, 0.3) is 11.8 Å². The lowest BCUT2D eigenvalue weighted by atomic mass is 10.2. The average Bonchev–Trinajstić information content (AvgIpc) is 3.09. The predicted molar refractivity (Wildman–Crippen MR) is 92.5 cm³/mol. The van der Waals surface area contributed by atoms with Crippen molar-refractivity contribution >= 4 is 35.0 Å². The first kappa shape index (κ1) is 17.4. The van der Waals surface area contributed by atoms with Crippen molar-refractivity contribution in [2.24, 2.45) is 0 Å². The van der Waals surface area contributed by atoms with Crippen LogP contribution in [0.5, 0.6) is 0 Å². The van der Waals surface area contributed by atoms with E-state index in [9.17, 15) is 14.4 Å². The lowest BCUT2D eigenvalue weighted by Crippen LogP contribution is -2.43. The fraction of sp³-hybridized carbons (Fsp3) is 0.0588.